The average Bonchev–Trinajstić information content (AvgIpc) is 2.46. The number of hydrogen-bond acceptors (Lipinski definition) is 3. The van der Waals surface area contributed by atoms with Crippen LogP contribution in [0, 0.1) is 6.92 Å². The lowest BCUT2D eigenvalue weighted by Gasteiger charge is -2.19. The SMILES string of the molecule is C=CCCNS(=O)(=O)c1cccc2c(N(C)C)c(C)ccc12. The van der Waals surface area contributed by atoms with E-state index >= 15 is 0 Å². The van der Waals surface area contributed by atoms with E-state index in [2.05, 4.69) is 11.3 Å². The van der Waals surface area contributed by atoms with Gasteiger partial charge < -0.3 is 4.90 Å². The molecular formula is C17H22N2O2S. The summed E-state index contributed by atoms with van der Waals surface area (Å²) >= 11 is 0. The van der Waals surface area contributed by atoms with Gasteiger partial charge in [-0.3, -0.25) is 0 Å². The number of rotatable bonds is 6. The summed E-state index contributed by atoms with van der Waals surface area (Å²) in [5.41, 5.74) is 2.16. The van der Waals surface area contributed by atoms with Crippen LogP contribution in [0.4, 0.5) is 5.69 Å². The van der Waals surface area contributed by atoms with E-state index in [0.29, 0.717) is 17.9 Å². The number of anilines is 1. The maximum atomic E-state index is 12.5. The summed E-state index contributed by atoms with van der Waals surface area (Å²) < 4.78 is 27.7. The third-order valence-corrected chi connectivity index (χ3v) is 5.09. The molecule has 2 rings (SSSR count). The molecule has 22 heavy (non-hydrogen) atoms. The molecule has 0 bridgehead atoms. The van der Waals surface area contributed by atoms with Crippen molar-refractivity contribution in [3.63, 3.8) is 0 Å². The molecule has 0 aliphatic rings. The van der Waals surface area contributed by atoms with Crippen LogP contribution in [0.2, 0.25) is 0 Å². The first-order chi connectivity index (χ1) is 10.4. The van der Waals surface area contributed by atoms with Crippen LogP contribution in [0.3, 0.4) is 0 Å². The normalized spacial score (nSPS) is 11.6. The molecule has 0 spiro atoms. The van der Waals surface area contributed by atoms with E-state index in [4.69, 9.17) is 0 Å². The van der Waals surface area contributed by atoms with E-state index in [1.165, 1.54) is 0 Å². The Bertz CT molecular complexity index is 796. The predicted molar refractivity (Wildman–Crippen MR) is 93.0 cm³/mol. The molecule has 0 radical (unpaired) electrons. The summed E-state index contributed by atoms with van der Waals surface area (Å²) in [6, 6.07) is 9.23. The number of benzene rings is 2. The highest BCUT2D eigenvalue weighted by atomic mass is 32.2. The van der Waals surface area contributed by atoms with E-state index in [1.54, 1.807) is 18.2 Å². The lowest BCUT2D eigenvalue weighted by Crippen LogP contribution is -2.24. The Balaban J connectivity index is 2.62. The molecule has 4 nitrogen and oxygen atoms in total. The van der Waals surface area contributed by atoms with Crippen LogP contribution in [-0.2, 0) is 10.0 Å². The highest BCUT2D eigenvalue weighted by Crippen LogP contribution is 2.32. The summed E-state index contributed by atoms with van der Waals surface area (Å²) in [7, 11) is 0.396. The Morgan fingerprint density at radius 1 is 1.18 bits per heavy atom. The number of nitrogens with zero attached hydrogens (tertiary/aromatic N) is 1. The second-order valence-electron chi connectivity index (χ2n) is 5.45. The Morgan fingerprint density at radius 2 is 1.91 bits per heavy atom. The summed E-state index contributed by atoms with van der Waals surface area (Å²) in [6.45, 7) is 5.99. The molecule has 0 saturated carbocycles. The van der Waals surface area contributed by atoms with E-state index in [9.17, 15) is 8.42 Å². The van der Waals surface area contributed by atoms with E-state index < -0.39 is 10.0 Å². The Morgan fingerprint density at radius 3 is 2.55 bits per heavy atom. The van der Waals surface area contributed by atoms with Crippen LogP contribution in [0.1, 0.15) is 12.0 Å². The van der Waals surface area contributed by atoms with Gasteiger partial charge in [0.2, 0.25) is 10.0 Å². The second kappa shape index (κ2) is 6.50. The van der Waals surface area contributed by atoms with Crippen LogP contribution >= 0.6 is 0 Å². The van der Waals surface area contributed by atoms with Crippen molar-refractivity contribution in [2.24, 2.45) is 0 Å². The zero-order valence-electron chi connectivity index (χ0n) is 13.3. The van der Waals surface area contributed by atoms with E-state index in [1.807, 2.05) is 44.1 Å². The van der Waals surface area contributed by atoms with Crippen molar-refractivity contribution in [3.05, 3.63) is 48.6 Å². The minimum atomic E-state index is -3.53. The number of fused-ring (bicyclic) bond motifs is 1. The summed E-state index contributed by atoms with van der Waals surface area (Å²) in [5.74, 6) is 0. The van der Waals surface area contributed by atoms with Gasteiger partial charge in [0.05, 0.1) is 4.90 Å². The maximum Gasteiger partial charge on any atom is 0.241 e. The van der Waals surface area contributed by atoms with Crippen LogP contribution in [0.15, 0.2) is 47.9 Å². The van der Waals surface area contributed by atoms with Gasteiger partial charge in [-0.25, -0.2) is 13.1 Å². The third kappa shape index (κ3) is 3.15. The van der Waals surface area contributed by atoms with Gasteiger partial charge in [-0.2, -0.15) is 0 Å². The summed E-state index contributed by atoms with van der Waals surface area (Å²) in [5, 5.41) is 1.68. The number of nitrogens with one attached hydrogen (secondary N) is 1. The first-order valence-electron chi connectivity index (χ1n) is 7.18. The van der Waals surface area contributed by atoms with Crippen molar-refractivity contribution in [1.29, 1.82) is 0 Å². The summed E-state index contributed by atoms with van der Waals surface area (Å²) in [6.07, 6.45) is 2.30. The first kappa shape index (κ1) is 16.5. The minimum Gasteiger partial charge on any atom is -0.377 e. The van der Waals surface area contributed by atoms with Gasteiger partial charge in [-0.05, 0) is 25.0 Å². The molecule has 0 atom stereocenters. The molecule has 0 aliphatic carbocycles. The van der Waals surface area contributed by atoms with Gasteiger partial charge in [0.1, 0.15) is 0 Å². The Hall–Kier alpha value is -1.85. The molecule has 0 amide bonds. The largest absolute Gasteiger partial charge is 0.377 e. The van der Waals surface area contributed by atoms with Crippen LogP contribution < -0.4 is 9.62 Å². The van der Waals surface area contributed by atoms with Gasteiger partial charge >= 0.3 is 0 Å². The van der Waals surface area contributed by atoms with Crippen molar-refractivity contribution >= 4 is 26.5 Å². The monoisotopic (exact) mass is 318 g/mol. The van der Waals surface area contributed by atoms with E-state index in [0.717, 1.165) is 22.0 Å². The molecule has 0 aliphatic heterocycles. The average molecular weight is 318 g/mol. The number of sulfonamides is 1. The fraction of sp³-hybridized carbons (Fsp3) is 0.294. The molecule has 2 aromatic rings. The Labute approximate surface area is 132 Å². The van der Waals surface area contributed by atoms with Crippen molar-refractivity contribution < 1.29 is 8.42 Å². The smallest absolute Gasteiger partial charge is 0.241 e. The van der Waals surface area contributed by atoms with Gasteiger partial charge in [-0.15, -0.1) is 6.58 Å². The van der Waals surface area contributed by atoms with Gasteiger partial charge in [0, 0.05) is 37.1 Å². The minimum absolute atomic E-state index is 0.317. The number of hydrogen-bond donors (Lipinski definition) is 1. The van der Waals surface area contributed by atoms with Gasteiger partial charge in [-0.1, -0.05) is 30.3 Å². The zero-order valence-corrected chi connectivity index (χ0v) is 14.1. The summed E-state index contributed by atoms with van der Waals surface area (Å²) in [4.78, 5) is 2.33. The van der Waals surface area contributed by atoms with Gasteiger partial charge in [0.15, 0.2) is 0 Å². The van der Waals surface area contributed by atoms with Crippen molar-refractivity contribution in [3.8, 4) is 0 Å². The van der Waals surface area contributed by atoms with Crippen molar-refractivity contribution in [2.45, 2.75) is 18.2 Å². The molecule has 5 heteroatoms. The molecular weight excluding hydrogens is 296 g/mol. The second-order valence-corrected chi connectivity index (χ2v) is 7.19. The molecule has 2 aromatic carbocycles. The lowest BCUT2D eigenvalue weighted by atomic mass is 10.0. The zero-order chi connectivity index (χ0) is 16.3. The third-order valence-electron chi connectivity index (χ3n) is 3.57. The highest BCUT2D eigenvalue weighted by molar-refractivity contribution is 7.89. The maximum absolute atomic E-state index is 12.5. The topological polar surface area (TPSA) is 49.4 Å². The molecule has 0 saturated heterocycles. The van der Waals surface area contributed by atoms with Crippen LogP contribution in [0.25, 0.3) is 10.8 Å². The van der Waals surface area contributed by atoms with Crippen LogP contribution in [-0.4, -0.2) is 29.1 Å². The fourth-order valence-electron chi connectivity index (χ4n) is 2.62. The predicted octanol–water partition coefficient (Wildman–Crippen LogP) is 3.07. The molecule has 118 valence electrons. The first-order valence-corrected chi connectivity index (χ1v) is 8.67. The molecule has 0 fully saturated rings. The quantitative estimate of drug-likeness (QED) is 0.658. The molecule has 1 N–H and O–H groups in total. The molecule has 0 unspecified atom stereocenters. The molecule has 0 aromatic heterocycles. The van der Waals surface area contributed by atoms with Crippen molar-refractivity contribution in [2.75, 3.05) is 25.5 Å². The fourth-order valence-corrected chi connectivity index (χ4v) is 3.89. The van der Waals surface area contributed by atoms with Crippen molar-refractivity contribution in [1.82, 2.24) is 4.72 Å². The Kier molecular flexibility index (Phi) is 4.88. The van der Waals surface area contributed by atoms with E-state index in [-0.39, 0.29) is 0 Å². The van der Waals surface area contributed by atoms with Gasteiger partial charge in [0.25, 0.3) is 0 Å². The highest BCUT2D eigenvalue weighted by Gasteiger charge is 2.18. The number of aryl methyl sites for hydroxylation is 1. The van der Waals surface area contributed by atoms with Crippen LogP contribution in [0.5, 0.6) is 0 Å². The lowest BCUT2D eigenvalue weighted by molar-refractivity contribution is 0.583. The standard InChI is InChI=1S/C17H22N2O2S/c1-5-6-12-18-22(20,21)16-9-7-8-15-14(16)11-10-13(2)17(15)19(3)4/h5,7-11,18H,1,6,12H2,2-4H3. The molecule has 0 heterocycles.